The van der Waals surface area contributed by atoms with E-state index in [0.29, 0.717) is 24.5 Å². The van der Waals surface area contributed by atoms with Crippen LogP contribution in [0.3, 0.4) is 0 Å². The zero-order valence-corrected chi connectivity index (χ0v) is 17.3. The topological polar surface area (TPSA) is 61.5 Å². The van der Waals surface area contributed by atoms with Crippen LogP contribution in [0, 0.1) is 23.7 Å². The second kappa shape index (κ2) is 9.30. The Hall–Kier alpha value is -2.96. The third kappa shape index (κ3) is 3.83. The van der Waals surface area contributed by atoms with Crippen LogP contribution in [0.4, 0.5) is 5.69 Å². The van der Waals surface area contributed by atoms with E-state index in [1.807, 2.05) is 32.0 Å². The molecule has 148 valence electrons. The maximum Gasteiger partial charge on any atom is 0.270 e. The highest BCUT2D eigenvalue weighted by Gasteiger charge is 2.28. The number of methoxy groups -OCH3 is 1. The fraction of sp³-hybridized carbons (Fsp3) is 0.455. The predicted molar refractivity (Wildman–Crippen MR) is 114 cm³/mol. The maximum absolute atomic E-state index is 12.8. The Morgan fingerprint density at radius 3 is 2.61 bits per heavy atom. The quantitative estimate of drug-likeness (QED) is 0.766. The van der Waals surface area contributed by atoms with Crippen LogP contribution >= 0.6 is 0 Å². The van der Waals surface area contributed by atoms with Gasteiger partial charge in [0.2, 0.25) is 0 Å². The molecule has 1 unspecified atom stereocenters. The molecule has 2 heterocycles. The number of aromatic nitrogens is 1. The molecule has 6 heteroatoms. The summed E-state index contributed by atoms with van der Waals surface area (Å²) in [5.74, 6) is 3.36. The van der Waals surface area contributed by atoms with Crippen molar-refractivity contribution < 1.29 is 4.74 Å². The van der Waals surface area contributed by atoms with Crippen LogP contribution in [0.5, 0.6) is 5.75 Å². The van der Waals surface area contributed by atoms with E-state index < -0.39 is 0 Å². The minimum absolute atomic E-state index is 0.140. The Morgan fingerprint density at radius 2 is 2.04 bits per heavy atom. The Labute approximate surface area is 166 Å². The number of rotatable bonds is 3. The minimum atomic E-state index is -0.290. The number of hydrogen-bond acceptors (Lipinski definition) is 5. The van der Waals surface area contributed by atoms with Crippen LogP contribution in [-0.4, -0.2) is 48.8 Å². The van der Waals surface area contributed by atoms with E-state index in [4.69, 9.17) is 11.2 Å². The first-order valence-electron chi connectivity index (χ1n) is 9.55. The Balaban J connectivity index is 0.00000136. The summed E-state index contributed by atoms with van der Waals surface area (Å²) in [6, 6.07) is 7.88. The summed E-state index contributed by atoms with van der Waals surface area (Å²) in [4.78, 5) is 17.1. The first kappa shape index (κ1) is 21.3. The zero-order valence-electron chi connectivity index (χ0n) is 17.3. The third-order valence-electron chi connectivity index (χ3n) is 5.00. The molecule has 0 bridgehead atoms. The van der Waals surface area contributed by atoms with E-state index >= 15 is 0 Å². The van der Waals surface area contributed by atoms with E-state index in [-0.39, 0.29) is 17.2 Å². The zero-order chi connectivity index (χ0) is 20.8. The van der Waals surface area contributed by atoms with Crippen molar-refractivity contribution >= 4 is 16.6 Å². The van der Waals surface area contributed by atoms with Gasteiger partial charge in [-0.1, -0.05) is 19.8 Å². The minimum Gasteiger partial charge on any atom is -0.497 e. The van der Waals surface area contributed by atoms with Gasteiger partial charge in [-0.25, -0.2) is 0 Å². The van der Waals surface area contributed by atoms with E-state index in [1.165, 1.54) is 4.57 Å². The van der Waals surface area contributed by atoms with Gasteiger partial charge in [0, 0.05) is 44.2 Å². The largest absolute Gasteiger partial charge is 0.497 e. The molecule has 0 saturated carbocycles. The lowest BCUT2D eigenvalue weighted by molar-refractivity contribution is 0.254. The number of benzene rings is 1. The van der Waals surface area contributed by atoms with Crippen molar-refractivity contribution in [1.29, 1.82) is 5.26 Å². The molecule has 3 rings (SSSR count). The fourth-order valence-corrected chi connectivity index (χ4v) is 3.67. The van der Waals surface area contributed by atoms with Crippen molar-refractivity contribution in [3.8, 4) is 24.2 Å². The number of anilines is 1. The summed E-state index contributed by atoms with van der Waals surface area (Å²) >= 11 is 0. The van der Waals surface area contributed by atoms with E-state index in [2.05, 4.69) is 28.7 Å². The van der Waals surface area contributed by atoms with Crippen LogP contribution in [0.1, 0.15) is 26.3 Å². The summed E-state index contributed by atoms with van der Waals surface area (Å²) in [7, 11) is 3.28. The molecule has 1 atom stereocenters. The monoisotopic (exact) mass is 380 g/mol. The predicted octanol–water partition coefficient (Wildman–Crippen LogP) is 2.59. The summed E-state index contributed by atoms with van der Waals surface area (Å²) in [5, 5.41) is 10.6. The lowest BCUT2D eigenvalue weighted by atomic mass is 10.0. The standard InChI is InChI=1S/C20H22N4O2.C2H6/c1-5-8-23-9-10-24(14(2)13-23)19-16-7-6-15(26-4)11-18(16)22(3)20(25)17(19)12-21;1-2/h1,6-7,11,14H,8-10,13H2,2-4H3;1-2H3. The molecule has 6 nitrogen and oxygen atoms in total. The van der Waals surface area contributed by atoms with Gasteiger partial charge in [-0.15, -0.1) is 6.42 Å². The first-order valence-corrected chi connectivity index (χ1v) is 9.55. The lowest BCUT2D eigenvalue weighted by Gasteiger charge is -2.41. The molecule has 1 aliphatic heterocycles. The second-order valence-corrected chi connectivity index (χ2v) is 6.56. The normalized spacial score (nSPS) is 16.7. The van der Waals surface area contributed by atoms with Gasteiger partial charge >= 0.3 is 0 Å². The molecule has 28 heavy (non-hydrogen) atoms. The molecule has 1 fully saturated rings. The molecule has 1 aromatic heterocycles. The molecule has 0 amide bonds. The first-order chi connectivity index (χ1) is 13.5. The smallest absolute Gasteiger partial charge is 0.270 e. The maximum atomic E-state index is 12.8. The van der Waals surface area contributed by atoms with Gasteiger partial charge in [-0.2, -0.15) is 5.26 Å². The average molecular weight is 380 g/mol. The molecule has 1 saturated heterocycles. The summed E-state index contributed by atoms with van der Waals surface area (Å²) in [5.41, 5.74) is 1.35. The van der Waals surface area contributed by atoms with Gasteiger partial charge in [0.25, 0.3) is 5.56 Å². The molecule has 0 aliphatic carbocycles. The summed E-state index contributed by atoms with van der Waals surface area (Å²) in [6.45, 7) is 9.01. The SMILES string of the molecule is C#CCN1CCN(c2c(C#N)c(=O)n(C)c3cc(OC)ccc23)C(C)C1.CC. The van der Waals surface area contributed by atoms with Gasteiger partial charge in [0.05, 0.1) is 24.9 Å². The van der Waals surface area contributed by atoms with Gasteiger partial charge in [0.15, 0.2) is 0 Å². The van der Waals surface area contributed by atoms with Crippen molar-refractivity contribution in [2.45, 2.75) is 26.8 Å². The number of aryl methyl sites for hydroxylation is 1. The van der Waals surface area contributed by atoms with E-state index in [0.717, 1.165) is 24.0 Å². The Bertz CT molecular complexity index is 981. The second-order valence-electron chi connectivity index (χ2n) is 6.56. The number of piperazine rings is 1. The average Bonchev–Trinajstić information content (AvgIpc) is 2.72. The molecular formula is C22H28N4O2. The van der Waals surface area contributed by atoms with Gasteiger partial charge in [-0.05, 0) is 19.1 Å². The number of nitriles is 1. The number of terminal acetylenes is 1. The van der Waals surface area contributed by atoms with Gasteiger partial charge < -0.3 is 14.2 Å². The summed E-state index contributed by atoms with van der Waals surface area (Å²) < 4.78 is 6.81. The van der Waals surface area contributed by atoms with Crippen molar-refractivity contribution in [2.75, 3.05) is 38.2 Å². The van der Waals surface area contributed by atoms with Crippen LogP contribution in [0.2, 0.25) is 0 Å². The molecule has 2 aromatic rings. The van der Waals surface area contributed by atoms with E-state index in [1.54, 1.807) is 14.2 Å². The molecular weight excluding hydrogens is 352 g/mol. The van der Waals surface area contributed by atoms with Crippen LogP contribution in [0.25, 0.3) is 10.9 Å². The number of pyridine rings is 1. The van der Waals surface area contributed by atoms with Gasteiger partial charge in [0.1, 0.15) is 17.4 Å². The Kier molecular flexibility index (Phi) is 7.09. The van der Waals surface area contributed by atoms with Crippen molar-refractivity contribution in [3.63, 3.8) is 0 Å². The number of nitrogens with zero attached hydrogens (tertiary/aromatic N) is 4. The highest BCUT2D eigenvalue weighted by atomic mass is 16.5. The lowest BCUT2D eigenvalue weighted by Crippen LogP contribution is -2.52. The molecule has 1 aliphatic rings. The number of fused-ring (bicyclic) bond motifs is 1. The van der Waals surface area contributed by atoms with Crippen molar-refractivity contribution in [2.24, 2.45) is 7.05 Å². The van der Waals surface area contributed by atoms with Crippen LogP contribution in [0.15, 0.2) is 23.0 Å². The number of ether oxygens (including phenoxy) is 1. The molecule has 0 spiro atoms. The van der Waals surface area contributed by atoms with E-state index in [9.17, 15) is 10.1 Å². The highest BCUT2D eigenvalue weighted by Crippen LogP contribution is 2.33. The highest BCUT2D eigenvalue weighted by molar-refractivity contribution is 5.95. The van der Waals surface area contributed by atoms with Crippen molar-refractivity contribution in [1.82, 2.24) is 9.47 Å². The number of hydrogen-bond donors (Lipinski definition) is 0. The third-order valence-corrected chi connectivity index (χ3v) is 5.00. The Morgan fingerprint density at radius 1 is 1.32 bits per heavy atom. The molecule has 0 radical (unpaired) electrons. The van der Waals surface area contributed by atoms with Crippen LogP contribution < -0.4 is 15.2 Å². The van der Waals surface area contributed by atoms with Crippen LogP contribution in [-0.2, 0) is 7.05 Å². The van der Waals surface area contributed by atoms with Crippen molar-refractivity contribution in [3.05, 3.63) is 34.1 Å². The summed E-state index contributed by atoms with van der Waals surface area (Å²) in [6.07, 6.45) is 5.43. The van der Waals surface area contributed by atoms with Gasteiger partial charge in [-0.3, -0.25) is 9.69 Å². The molecule has 0 N–H and O–H groups in total. The fourth-order valence-electron chi connectivity index (χ4n) is 3.67. The molecule has 1 aromatic carbocycles.